The van der Waals surface area contributed by atoms with Gasteiger partial charge >= 0.3 is 0 Å². The Balaban J connectivity index is 1.86. The molecule has 2 N–H and O–H groups in total. The van der Waals surface area contributed by atoms with Crippen LogP contribution in [0, 0.1) is 0 Å². The molecule has 4 heteroatoms. The van der Waals surface area contributed by atoms with Gasteiger partial charge in [-0.25, -0.2) is 0 Å². The number of hydrogen-bond donors (Lipinski definition) is 2. The summed E-state index contributed by atoms with van der Waals surface area (Å²) < 4.78 is 0. The zero-order valence-electron chi connectivity index (χ0n) is 13.4. The van der Waals surface area contributed by atoms with Gasteiger partial charge in [0.05, 0.1) is 11.2 Å². The Morgan fingerprint density at radius 3 is 1.81 bits per heavy atom. The number of hydrogen-bond acceptors (Lipinski definition) is 4. The molecular weight excluding hydrogens is 264 g/mol. The Labute approximate surface area is 128 Å². The van der Waals surface area contributed by atoms with Crippen molar-refractivity contribution in [2.75, 3.05) is 39.3 Å². The SMILES string of the molecule is CC(C)(O)CN1CCN(CC(C)(O)c2ccccc2)CC1. The third kappa shape index (κ3) is 5.08. The van der Waals surface area contributed by atoms with Crippen molar-refractivity contribution in [3.05, 3.63) is 35.9 Å². The van der Waals surface area contributed by atoms with Crippen molar-refractivity contribution in [2.24, 2.45) is 0 Å². The van der Waals surface area contributed by atoms with Gasteiger partial charge in [-0.05, 0) is 26.3 Å². The molecule has 1 atom stereocenters. The first-order chi connectivity index (χ1) is 9.76. The molecule has 118 valence electrons. The van der Waals surface area contributed by atoms with E-state index in [1.807, 2.05) is 51.1 Å². The minimum Gasteiger partial charge on any atom is -0.389 e. The zero-order chi connectivity index (χ0) is 15.5. The number of rotatable bonds is 5. The Morgan fingerprint density at radius 2 is 1.33 bits per heavy atom. The molecular formula is C17H28N2O2. The average Bonchev–Trinajstić information content (AvgIpc) is 2.40. The van der Waals surface area contributed by atoms with Gasteiger partial charge in [-0.1, -0.05) is 30.3 Å². The Hall–Kier alpha value is -0.940. The van der Waals surface area contributed by atoms with Crippen LogP contribution >= 0.6 is 0 Å². The molecule has 1 aromatic carbocycles. The molecule has 1 aliphatic rings. The normalized spacial score (nSPS) is 21.2. The molecule has 0 aliphatic carbocycles. The molecule has 1 heterocycles. The Bertz CT molecular complexity index is 432. The molecule has 0 saturated carbocycles. The van der Waals surface area contributed by atoms with Crippen LogP contribution in [0.4, 0.5) is 0 Å². The maximum Gasteiger partial charge on any atom is 0.0994 e. The lowest BCUT2D eigenvalue weighted by molar-refractivity contribution is -0.0161. The topological polar surface area (TPSA) is 46.9 Å². The van der Waals surface area contributed by atoms with Crippen LogP contribution in [0.1, 0.15) is 26.3 Å². The predicted octanol–water partition coefficient (Wildman–Crippen LogP) is 1.28. The number of nitrogens with zero attached hydrogens (tertiary/aromatic N) is 2. The van der Waals surface area contributed by atoms with E-state index in [0.29, 0.717) is 13.1 Å². The molecule has 4 nitrogen and oxygen atoms in total. The fourth-order valence-electron chi connectivity index (χ4n) is 2.98. The maximum atomic E-state index is 10.7. The summed E-state index contributed by atoms with van der Waals surface area (Å²) in [6.45, 7) is 10.7. The van der Waals surface area contributed by atoms with Crippen molar-refractivity contribution in [3.63, 3.8) is 0 Å². The van der Waals surface area contributed by atoms with Crippen LogP contribution in [-0.4, -0.2) is 64.9 Å². The van der Waals surface area contributed by atoms with Crippen molar-refractivity contribution in [1.82, 2.24) is 9.80 Å². The summed E-state index contributed by atoms with van der Waals surface area (Å²) >= 11 is 0. The summed E-state index contributed by atoms with van der Waals surface area (Å²) in [5.74, 6) is 0. The number of β-amino-alcohol motifs (C(OH)–C–C–N with tert-alkyl or cyclic N) is 2. The lowest BCUT2D eigenvalue weighted by atomic mass is 9.95. The highest BCUT2D eigenvalue weighted by Gasteiger charge is 2.29. The second kappa shape index (κ2) is 6.44. The zero-order valence-corrected chi connectivity index (χ0v) is 13.4. The van der Waals surface area contributed by atoms with Gasteiger partial charge in [0.2, 0.25) is 0 Å². The lowest BCUT2D eigenvalue weighted by Gasteiger charge is -2.40. The van der Waals surface area contributed by atoms with Crippen molar-refractivity contribution in [1.29, 1.82) is 0 Å². The number of aliphatic hydroxyl groups is 2. The molecule has 0 spiro atoms. The highest BCUT2D eigenvalue weighted by Crippen LogP contribution is 2.22. The second-order valence-corrected chi connectivity index (χ2v) is 7.00. The number of benzene rings is 1. The second-order valence-electron chi connectivity index (χ2n) is 7.00. The highest BCUT2D eigenvalue weighted by atomic mass is 16.3. The summed E-state index contributed by atoms with van der Waals surface area (Å²) in [5.41, 5.74) is -0.499. The fourth-order valence-corrected chi connectivity index (χ4v) is 2.98. The van der Waals surface area contributed by atoms with Crippen LogP contribution in [0.2, 0.25) is 0 Å². The summed E-state index contributed by atoms with van der Waals surface area (Å²) in [4.78, 5) is 4.58. The van der Waals surface area contributed by atoms with E-state index in [9.17, 15) is 10.2 Å². The third-order valence-electron chi connectivity index (χ3n) is 4.00. The van der Waals surface area contributed by atoms with E-state index in [2.05, 4.69) is 9.80 Å². The molecule has 1 saturated heterocycles. The molecule has 1 unspecified atom stereocenters. The van der Waals surface area contributed by atoms with E-state index >= 15 is 0 Å². The van der Waals surface area contributed by atoms with Gasteiger partial charge in [0.25, 0.3) is 0 Å². The van der Waals surface area contributed by atoms with Crippen LogP contribution in [0.25, 0.3) is 0 Å². The first-order valence-electron chi connectivity index (χ1n) is 7.71. The van der Waals surface area contributed by atoms with Crippen LogP contribution in [0.3, 0.4) is 0 Å². The molecule has 0 aromatic heterocycles. The quantitative estimate of drug-likeness (QED) is 0.858. The third-order valence-corrected chi connectivity index (χ3v) is 4.00. The standard InChI is InChI=1S/C17H28N2O2/c1-16(2,20)13-18-9-11-19(12-10-18)14-17(3,21)15-7-5-4-6-8-15/h4-8,20-21H,9-14H2,1-3H3. The minimum absolute atomic E-state index is 0.641. The van der Waals surface area contributed by atoms with Crippen LogP contribution < -0.4 is 0 Å². The lowest BCUT2D eigenvalue weighted by Crippen LogP contribution is -2.53. The highest BCUT2D eigenvalue weighted by molar-refractivity contribution is 5.21. The van der Waals surface area contributed by atoms with E-state index in [1.54, 1.807) is 0 Å². The van der Waals surface area contributed by atoms with Gasteiger partial charge in [0, 0.05) is 39.3 Å². The van der Waals surface area contributed by atoms with Gasteiger partial charge in [-0.15, -0.1) is 0 Å². The molecule has 0 bridgehead atoms. The number of piperazine rings is 1. The van der Waals surface area contributed by atoms with E-state index in [-0.39, 0.29) is 0 Å². The van der Waals surface area contributed by atoms with Gasteiger partial charge in [-0.2, -0.15) is 0 Å². The molecule has 1 fully saturated rings. The van der Waals surface area contributed by atoms with E-state index in [4.69, 9.17) is 0 Å². The van der Waals surface area contributed by atoms with Crippen molar-refractivity contribution in [3.8, 4) is 0 Å². The van der Waals surface area contributed by atoms with Gasteiger partial charge < -0.3 is 10.2 Å². The van der Waals surface area contributed by atoms with E-state index < -0.39 is 11.2 Å². The van der Waals surface area contributed by atoms with Crippen molar-refractivity contribution in [2.45, 2.75) is 32.0 Å². The summed E-state index contributed by atoms with van der Waals surface area (Å²) in [7, 11) is 0. The molecule has 21 heavy (non-hydrogen) atoms. The monoisotopic (exact) mass is 292 g/mol. The summed E-state index contributed by atoms with van der Waals surface area (Å²) in [6, 6.07) is 9.85. The molecule has 0 amide bonds. The predicted molar refractivity (Wildman–Crippen MR) is 85.2 cm³/mol. The summed E-state index contributed by atoms with van der Waals surface area (Å²) in [6.07, 6.45) is 0. The first-order valence-corrected chi connectivity index (χ1v) is 7.71. The first kappa shape index (κ1) is 16.4. The van der Waals surface area contributed by atoms with Crippen molar-refractivity contribution < 1.29 is 10.2 Å². The smallest absolute Gasteiger partial charge is 0.0994 e. The van der Waals surface area contributed by atoms with Crippen LogP contribution in [0.15, 0.2) is 30.3 Å². The largest absolute Gasteiger partial charge is 0.389 e. The van der Waals surface area contributed by atoms with E-state index in [1.165, 1.54) is 0 Å². The van der Waals surface area contributed by atoms with Crippen LogP contribution in [-0.2, 0) is 5.60 Å². The molecule has 2 rings (SSSR count). The fraction of sp³-hybridized carbons (Fsp3) is 0.647. The molecule has 1 aromatic rings. The van der Waals surface area contributed by atoms with Gasteiger partial charge in [0.1, 0.15) is 0 Å². The molecule has 0 radical (unpaired) electrons. The Morgan fingerprint density at radius 1 is 0.857 bits per heavy atom. The van der Waals surface area contributed by atoms with Crippen molar-refractivity contribution >= 4 is 0 Å². The van der Waals surface area contributed by atoms with Crippen LogP contribution in [0.5, 0.6) is 0 Å². The summed E-state index contributed by atoms with van der Waals surface area (Å²) in [5, 5.41) is 20.6. The van der Waals surface area contributed by atoms with Gasteiger partial charge in [0.15, 0.2) is 0 Å². The minimum atomic E-state index is -0.820. The Kier molecular flexibility index (Phi) is 5.04. The maximum absolute atomic E-state index is 10.7. The van der Waals surface area contributed by atoms with Gasteiger partial charge in [-0.3, -0.25) is 9.80 Å². The average molecular weight is 292 g/mol. The molecule has 1 aliphatic heterocycles. The van der Waals surface area contributed by atoms with E-state index in [0.717, 1.165) is 31.7 Å².